The lowest BCUT2D eigenvalue weighted by molar-refractivity contribution is -0.161. The number of aliphatic hydroxyl groups excluding tert-OH is 1. The van der Waals surface area contributed by atoms with Crippen LogP contribution in [-0.4, -0.2) is 96.7 Å². The Labute approximate surface area is 524 Å². The van der Waals surface area contributed by atoms with Crippen molar-refractivity contribution in [2.45, 2.75) is 355 Å². The predicted octanol–water partition coefficient (Wildman–Crippen LogP) is 18.8. The van der Waals surface area contributed by atoms with Gasteiger partial charge < -0.3 is 33.8 Å². The van der Waals surface area contributed by atoms with Crippen molar-refractivity contribution in [2.75, 3.05) is 39.6 Å². The molecule has 3 unspecified atom stereocenters. The van der Waals surface area contributed by atoms with Gasteiger partial charge in [-0.1, -0.05) is 286 Å². The summed E-state index contributed by atoms with van der Waals surface area (Å²) in [7, 11) is -9.89. The zero-order chi connectivity index (χ0) is 63.6. The van der Waals surface area contributed by atoms with Gasteiger partial charge in [0, 0.05) is 25.7 Å². The van der Waals surface area contributed by atoms with Crippen molar-refractivity contribution >= 4 is 39.5 Å². The first kappa shape index (κ1) is 84.1. The minimum Gasteiger partial charge on any atom is -0.462 e. The molecule has 19 heteroatoms. The molecule has 0 saturated carbocycles. The van der Waals surface area contributed by atoms with Crippen molar-refractivity contribution in [3.8, 4) is 0 Å². The summed E-state index contributed by atoms with van der Waals surface area (Å²) in [5.74, 6) is -0.621. The minimum absolute atomic E-state index is 0.102. The monoisotopic (exact) mass is 1270 g/mol. The fourth-order valence-electron chi connectivity index (χ4n) is 10.0. The highest BCUT2D eigenvalue weighted by atomic mass is 31.2. The largest absolute Gasteiger partial charge is 0.472 e. The van der Waals surface area contributed by atoms with Crippen LogP contribution in [0.3, 0.4) is 0 Å². The van der Waals surface area contributed by atoms with Crippen LogP contribution in [0.4, 0.5) is 0 Å². The summed E-state index contributed by atoms with van der Waals surface area (Å²) in [5, 5.41) is 10.5. The highest BCUT2D eigenvalue weighted by Crippen LogP contribution is 2.45. The van der Waals surface area contributed by atoms with Gasteiger partial charge in [0.2, 0.25) is 0 Å². The Morgan fingerprint density at radius 1 is 0.337 bits per heavy atom. The van der Waals surface area contributed by atoms with Gasteiger partial charge in [-0.15, -0.1) is 0 Å². The summed E-state index contributed by atoms with van der Waals surface area (Å²) >= 11 is 0. The molecule has 0 aliphatic carbocycles. The van der Waals surface area contributed by atoms with E-state index in [1.807, 2.05) is 0 Å². The van der Waals surface area contributed by atoms with Gasteiger partial charge in [-0.3, -0.25) is 37.3 Å². The molecule has 0 rings (SSSR count). The number of unbranched alkanes of at least 4 members (excludes halogenated alkanes) is 35. The number of phosphoric ester groups is 2. The SMILES string of the molecule is CCCCCCCCCCCCCCC(=O)OC[C@H](COP(=O)(O)OC[C@@H](O)COP(=O)(O)OC[C@@H](COC(=O)CCCCCCCCC)OC(=O)CCCCCCCCC(C)C)OC(=O)CCCCCCCCCCCCCCCCC(C)CC. The fourth-order valence-corrected chi connectivity index (χ4v) is 11.6. The van der Waals surface area contributed by atoms with E-state index in [1.54, 1.807) is 0 Å². The third-order valence-corrected chi connectivity index (χ3v) is 17.7. The number of hydrogen-bond donors (Lipinski definition) is 3. The summed E-state index contributed by atoms with van der Waals surface area (Å²) in [6, 6.07) is 0. The predicted molar refractivity (Wildman–Crippen MR) is 345 cm³/mol. The lowest BCUT2D eigenvalue weighted by Gasteiger charge is -2.21. The fraction of sp³-hybridized carbons (Fsp3) is 0.940. The number of carbonyl (C=O) groups is 4. The summed E-state index contributed by atoms with van der Waals surface area (Å²) in [4.78, 5) is 72.2. The van der Waals surface area contributed by atoms with Crippen molar-refractivity contribution < 1.29 is 80.2 Å². The molecule has 0 fully saturated rings. The Hall–Kier alpha value is -1.94. The van der Waals surface area contributed by atoms with Crippen LogP contribution < -0.4 is 0 Å². The smallest absolute Gasteiger partial charge is 0.462 e. The Balaban J connectivity index is 5.18. The van der Waals surface area contributed by atoms with Gasteiger partial charge in [-0.2, -0.15) is 0 Å². The first-order valence-corrected chi connectivity index (χ1v) is 38.0. The van der Waals surface area contributed by atoms with Gasteiger partial charge in [0.25, 0.3) is 0 Å². The molecule has 0 saturated heterocycles. The highest BCUT2D eigenvalue weighted by molar-refractivity contribution is 7.47. The molecule has 0 aromatic carbocycles. The van der Waals surface area contributed by atoms with E-state index in [1.165, 1.54) is 141 Å². The van der Waals surface area contributed by atoms with Crippen molar-refractivity contribution in [1.29, 1.82) is 0 Å². The molecule has 0 aliphatic rings. The van der Waals surface area contributed by atoms with Gasteiger partial charge in [0.15, 0.2) is 12.2 Å². The molecule has 0 bridgehead atoms. The first-order chi connectivity index (χ1) is 41.4. The summed E-state index contributed by atoms with van der Waals surface area (Å²) < 4.78 is 68.0. The summed E-state index contributed by atoms with van der Waals surface area (Å²) in [6.45, 7) is 9.44. The minimum atomic E-state index is -4.95. The van der Waals surface area contributed by atoms with E-state index in [9.17, 15) is 43.2 Å². The average molecular weight is 1270 g/mol. The molecule has 0 aliphatic heterocycles. The number of carbonyl (C=O) groups excluding carboxylic acids is 4. The highest BCUT2D eigenvalue weighted by Gasteiger charge is 2.30. The quantitative estimate of drug-likeness (QED) is 0.0222. The Morgan fingerprint density at radius 2 is 0.593 bits per heavy atom. The zero-order valence-electron chi connectivity index (χ0n) is 55.6. The van der Waals surface area contributed by atoms with Crippen LogP contribution in [0, 0.1) is 11.8 Å². The number of phosphoric acid groups is 2. The molecule has 86 heavy (non-hydrogen) atoms. The molecule has 0 aromatic rings. The summed E-state index contributed by atoms with van der Waals surface area (Å²) in [5.41, 5.74) is 0. The van der Waals surface area contributed by atoms with Gasteiger partial charge >= 0.3 is 39.5 Å². The lowest BCUT2D eigenvalue weighted by Crippen LogP contribution is -2.30. The maximum Gasteiger partial charge on any atom is 0.472 e. The Bertz CT molecular complexity index is 1690. The van der Waals surface area contributed by atoms with Gasteiger partial charge in [-0.05, 0) is 37.5 Å². The molecular formula is C67H130O17P2. The number of aliphatic hydroxyl groups is 1. The van der Waals surface area contributed by atoms with E-state index in [0.717, 1.165) is 109 Å². The standard InChI is InChI=1S/C67H130O17P2/c1-7-10-12-14-16-17-18-24-27-31-38-44-50-65(70)78-56-62(83-66(71)51-45-39-32-28-25-22-20-19-21-23-26-30-36-42-48-60(6)9-3)57-81-85(73,74)79-53-61(68)54-80-86(75,76)82-58-63(55-77-64(69)49-43-37-29-15-13-11-8-2)84-67(72)52-46-40-34-33-35-41-47-59(4)5/h59-63,68H,7-58H2,1-6H3,(H,73,74)(H,75,76)/t60?,61-,62-,63-/m1/s1. The van der Waals surface area contributed by atoms with Crippen LogP contribution in [0.5, 0.6) is 0 Å². The van der Waals surface area contributed by atoms with Crippen LogP contribution in [-0.2, 0) is 65.4 Å². The van der Waals surface area contributed by atoms with Crippen molar-refractivity contribution in [2.24, 2.45) is 11.8 Å². The van der Waals surface area contributed by atoms with Crippen molar-refractivity contribution in [1.82, 2.24) is 0 Å². The molecular weight excluding hydrogens is 1140 g/mol. The Morgan fingerprint density at radius 3 is 0.884 bits per heavy atom. The number of ether oxygens (including phenoxy) is 4. The third kappa shape index (κ3) is 59.7. The molecule has 0 radical (unpaired) electrons. The van der Waals surface area contributed by atoms with E-state index in [0.29, 0.717) is 31.6 Å². The maximum absolute atomic E-state index is 13.0. The van der Waals surface area contributed by atoms with Crippen LogP contribution in [0.25, 0.3) is 0 Å². The average Bonchev–Trinajstić information content (AvgIpc) is 3.70. The molecule has 6 atom stereocenters. The van der Waals surface area contributed by atoms with Crippen LogP contribution in [0.1, 0.15) is 337 Å². The number of hydrogen-bond acceptors (Lipinski definition) is 15. The number of rotatable bonds is 66. The van der Waals surface area contributed by atoms with Crippen molar-refractivity contribution in [3.63, 3.8) is 0 Å². The molecule has 0 spiro atoms. The van der Waals surface area contributed by atoms with Crippen LogP contribution >= 0.6 is 15.6 Å². The molecule has 3 N–H and O–H groups in total. The second-order valence-corrected chi connectivity index (χ2v) is 27.8. The topological polar surface area (TPSA) is 237 Å². The molecule has 0 amide bonds. The van der Waals surface area contributed by atoms with E-state index < -0.39 is 97.5 Å². The maximum atomic E-state index is 13.0. The molecule has 0 aromatic heterocycles. The van der Waals surface area contributed by atoms with Crippen LogP contribution in [0.15, 0.2) is 0 Å². The second-order valence-electron chi connectivity index (χ2n) is 24.9. The van der Waals surface area contributed by atoms with Gasteiger partial charge in [0.1, 0.15) is 19.3 Å². The van der Waals surface area contributed by atoms with Gasteiger partial charge in [-0.25, -0.2) is 9.13 Å². The summed E-state index contributed by atoms with van der Waals surface area (Å²) in [6.07, 6.45) is 43.3. The zero-order valence-corrected chi connectivity index (χ0v) is 57.4. The molecule has 17 nitrogen and oxygen atoms in total. The third-order valence-electron chi connectivity index (χ3n) is 15.8. The van der Waals surface area contributed by atoms with Crippen molar-refractivity contribution in [3.05, 3.63) is 0 Å². The first-order valence-electron chi connectivity index (χ1n) is 35.0. The van der Waals surface area contributed by atoms with Gasteiger partial charge in [0.05, 0.1) is 26.4 Å². The second kappa shape index (κ2) is 59.4. The lowest BCUT2D eigenvalue weighted by atomic mass is 9.99. The molecule has 0 heterocycles. The molecule has 510 valence electrons. The number of esters is 4. The van der Waals surface area contributed by atoms with E-state index >= 15 is 0 Å². The van der Waals surface area contributed by atoms with E-state index in [4.69, 9.17) is 37.0 Å². The normalized spacial score (nSPS) is 14.5. The van der Waals surface area contributed by atoms with Crippen LogP contribution in [0.2, 0.25) is 0 Å². The van der Waals surface area contributed by atoms with E-state index in [-0.39, 0.29) is 25.7 Å². The van der Waals surface area contributed by atoms with E-state index in [2.05, 4.69) is 41.5 Å². The Kier molecular flexibility index (Phi) is 58.0.